The number of carbonyl (C=O) groups is 2. The molecule has 0 aliphatic carbocycles. The van der Waals surface area contributed by atoms with Crippen molar-refractivity contribution in [3.8, 4) is 17.2 Å². The van der Waals surface area contributed by atoms with Gasteiger partial charge in [-0.25, -0.2) is 4.79 Å². The van der Waals surface area contributed by atoms with Crippen molar-refractivity contribution in [2.24, 2.45) is 7.05 Å². The largest absolute Gasteiger partial charge is 0.505 e. The van der Waals surface area contributed by atoms with Gasteiger partial charge in [0.25, 0.3) is 5.56 Å². The molecular formula is C24H25N3O6. The number of urea groups is 1. The first kappa shape index (κ1) is 23.4. The summed E-state index contributed by atoms with van der Waals surface area (Å²) >= 11 is 0. The van der Waals surface area contributed by atoms with Crippen LogP contribution in [0.25, 0.3) is 0 Å². The molecule has 0 aliphatic rings. The van der Waals surface area contributed by atoms with Crippen molar-refractivity contribution < 1.29 is 24.5 Å². The number of hydrogen-bond donors (Lipinski definition) is 4. The summed E-state index contributed by atoms with van der Waals surface area (Å²) in [5, 5.41) is 24.2. The van der Waals surface area contributed by atoms with Crippen LogP contribution in [0.4, 0.5) is 10.5 Å². The number of anilines is 1. The topological polar surface area (TPSA) is 130 Å². The molecule has 0 spiro atoms. The van der Waals surface area contributed by atoms with Gasteiger partial charge in [0.15, 0.2) is 5.69 Å². The zero-order valence-electron chi connectivity index (χ0n) is 18.5. The summed E-state index contributed by atoms with van der Waals surface area (Å²) in [7, 11) is 1.51. The summed E-state index contributed by atoms with van der Waals surface area (Å²) in [6, 6.07) is 13.8. The van der Waals surface area contributed by atoms with E-state index in [9.17, 15) is 24.6 Å². The fourth-order valence-electron chi connectivity index (χ4n) is 3.22. The Morgan fingerprint density at radius 2 is 1.76 bits per heavy atom. The van der Waals surface area contributed by atoms with Gasteiger partial charge in [-0.05, 0) is 43.2 Å². The van der Waals surface area contributed by atoms with Gasteiger partial charge >= 0.3 is 12.0 Å². The Balaban J connectivity index is 1.77. The predicted octanol–water partition coefficient (Wildman–Crippen LogP) is 3.84. The molecule has 1 heterocycles. The number of nitrogens with one attached hydrogen (secondary N) is 2. The van der Waals surface area contributed by atoms with Gasteiger partial charge in [-0.15, -0.1) is 0 Å². The van der Waals surface area contributed by atoms with Crippen molar-refractivity contribution >= 4 is 17.7 Å². The monoisotopic (exact) mass is 451 g/mol. The average molecular weight is 451 g/mol. The van der Waals surface area contributed by atoms with E-state index in [0.29, 0.717) is 22.8 Å². The zero-order valence-corrected chi connectivity index (χ0v) is 18.5. The molecule has 3 aromatic rings. The lowest BCUT2D eigenvalue weighted by Crippen LogP contribution is -2.36. The number of ether oxygens (including phenoxy) is 1. The zero-order chi connectivity index (χ0) is 24.1. The van der Waals surface area contributed by atoms with E-state index in [1.54, 1.807) is 31.2 Å². The Morgan fingerprint density at radius 1 is 1.09 bits per heavy atom. The molecule has 0 unspecified atom stereocenters. The number of carbonyl (C=O) groups excluding carboxylic acids is 1. The number of aryl methyl sites for hydroxylation is 2. The van der Waals surface area contributed by atoms with Crippen LogP contribution < -0.4 is 20.9 Å². The number of carboxylic acid groups (broad SMARTS) is 1. The van der Waals surface area contributed by atoms with Gasteiger partial charge in [0, 0.05) is 18.8 Å². The third-order valence-corrected chi connectivity index (χ3v) is 5.18. The van der Waals surface area contributed by atoms with E-state index in [0.717, 1.165) is 5.56 Å². The van der Waals surface area contributed by atoms with Gasteiger partial charge in [0.1, 0.15) is 17.2 Å². The number of nitrogens with zero attached hydrogens (tertiary/aromatic N) is 1. The lowest BCUT2D eigenvalue weighted by Gasteiger charge is -2.19. The summed E-state index contributed by atoms with van der Waals surface area (Å²) < 4.78 is 7.13. The third-order valence-electron chi connectivity index (χ3n) is 5.18. The Labute approximate surface area is 190 Å². The van der Waals surface area contributed by atoms with Crippen LogP contribution in [-0.4, -0.2) is 26.8 Å². The number of pyridine rings is 1. The first-order valence-electron chi connectivity index (χ1n) is 10.2. The number of benzene rings is 2. The van der Waals surface area contributed by atoms with E-state index in [1.165, 1.54) is 17.7 Å². The smallest absolute Gasteiger partial charge is 0.319 e. The van der Waals surface area contributed by atoms with Crippen molar-refractivity contribution in [3.63, 3.8) is 0 Å². The Kier molecular flexibility index (Phi) is 7.02. The molecule has 172 valence electrons. The highest BCUT2D eigenvalue weighted by molar-refractivity contribution is 5.91. The number of rotatable bonds is 7. The predicted molar refractivity (Wildman–Crippen MR) is 123 cm³/mol. The minimum absolute atomic E-state index is 0.295. The molecule has 2 amide bonds. The molecule has 9 heteroatoms. The molecule has 3 rings (SSSR count). The van der Waals surface area contributed by atoms with Crippen LogP contribution in [0.3, 0.4) is 0 Å². The van der Waals surface area contributed by atoms with Gasteiger partial charge in [0.05, 0.1) is 12.5 Å². The van der Waals surface area contributed by atoms with Gasteiger partial charge in [0.2, 0.25) is 0 Å². The number of hydrogen-bond acceptors (Lipinski definition) is 5. The molecule has 9 nitrogen and oxygen atoms in total. The second-order valence-corrected chi connectivity index (χ2v) is 7.60. The molecule has 33 heavy (non-hydrogen) atoms. The summed E-state index contributed by atoms with van der Waals surface area (Å²) in [5.74, 6) is -0.239. The molecular weight excluding hydrogens is 426 g/mol. The molecule has 2 aromatic carbocycles. The van der Waals surface area contributed by atoms with Crippen LogP contribution >= 0.6 is 0 Å². The Hall–Kier alpha value is -4.27. The maximum atomic E-state index is 12.5. The molecule has 1 atom stereocenters. The minimum atomic E-state index is -1.12. The van der Waals surface area contributed by atoms with Gasteiger partial charge in [-0.2, -0.15) is 0 Å². The quantitative estimate of drug-likeness (QED) is 0.432. The van der Waals surface area contributed by atoms with Crippen LogP contribution in [0, 0.1) is 13.8 Å². The fraction of sp³-hybridized carbons (Fsp3) is 0.208. The number of amides is 2. The molecule has 4 N–H and O–H groups in total. The molecule has 0 saturated carbocycles. The lowest BCUT2D eigenvalue weighted by molar-refractivity contribution is -0.137. The molecule has 0 fully saturated rings. The van der Waals surface area contributed by atoms with E-state index >= 15 is 0 Å². The van der Waals surface area contributed by atoms with Crippen molar-refractivity contribution in [3.05, 3.63) is 81.8 Å². The fourth-order valence-corrected chi connectivity index (χ4v) is 3.22. The van der Waals surface area contributed by atoms with E-state index in [1.807, 2.05) is 31.2 Å². The molecule has 1 aromatic heterocycles. The summed E-state index contributed by atoms with van der Waals surface area (Å²) in [5.41, 5.74) is 1.13. The lowest BCUT2D eigenvalue weighted by atomic mass is 10.0. The standard InChI is InChI=1S/C24H25N3O6/c1-14-6-4-5-7-20(14)33-17-10-8-16(9-11-17)18(13-21(29)30)25-24(32)26-22-19(28)12-15(2)27(3)23(22)31/h4-12,18,28H,13H2,1-3H3,(H,29,30)(H2,25,26,32)/t18-/m0/s1. The SMILES string of the molecule is Cc1ccccc1Oc1ccc([C@H](CC(=O)O)NC(=O)Nc2c(O)cc(C)n(C)c2=O)cc1. The maximum absolute atomic E-state index is 12.5. The van der Waals surface area contributed by atoms with Crippen molar-refractivity contribution in [2.45, 2.75) is 26.3 Å². The van der Waals surface area contributed by atoms with Crippen LogP contribution in [-0.2, 0) is 11.8 Å². The Bertz CT molecular complexity index is 1230. The first-order valence-corrected chi connectivity index (χ1v) is 10.2. The van der Waals surface area contributed by atoms with Crippen molar-refractivity contribution in [1.82, 2.24) is 9.88 Å². The number of para-hydroxylation sites is 1. The summed E-state index contributed by atoms with van der Waals surface area (Å²) in [4.78, 5) is 36.2. The first-order chi connectivity index (χ1) is 15.7. The average Bonchev–Trinajstić information content (AvgIpc) is 2.76. The van der Waals surface area contributed by atoms with Crippen molar-refractivity contribution in [1.29, 1.82) is 0 Å². The summed E-state index contributed by atoms with van der Waals surface area (Å²) in [6.45, 7) is 3.56. The number of aliphatic carboxylic acids is 1. The van der Waals surface area contributed by atoms with Gasteiger partial charge in [-0.3, -0.25) is 9.59 Å². The highest BCUT2D eigenvalue weighted by atomic mass is 16.5. The molecule has 0 saturated heterocycles. The highest BCUT2D eigenvalue weighted by Gasteiger charge is 2.20. The molecule has 0 radical (unpaired) electrons. The van der Waals surface area contributed by atoms with Crippen LogP contribution in [0.15, 0.2) is 59.4 Å². The van der Waals surface area contributed by atoms with Crippen LogP contribution in [0.2, 0.25) is 0 Å². The molecule has 0 aliphatic heterocycles. The van der Waals surface area contributed by atoms with E-state index in [4.69, 9.17) is 4.74 Å². The van der Waals surface area contributed by atoms with Crippen LogP contribution in [0.1, 0.15) is 29.3 Å². The maximum Gasteiger partial charge on any atom is 0.319 e. The highest BCUT2D eigenvalue weighted by Crippen LogP contribution is 2.27. The third kappa shape index (κ3) is 5.70. The normalized spacial score (nSPS) is 11.5. The van der Waals surface area contributed by atoms with Crippen LogP contribution in [0.5, 0.6) is 17.2 Å². The minimum Gasteiger partial charge on any atom is -0.505 e. The number of aromatic nitrogens is 1. The van der Waals surface area contributed by atoms with Crippen molar-refractivity contribution in [2.75, 3.05) is 5.32 Å². The second kappa shape index (κ2) is 9.90. The van der Waals surface area contributed by atoms with E-state index in [2.05, 4.69) is 10.6 Å². The van der Waals surface area contributed by atoms with E-state index in [-0.39, 0.29) is 17.9 Å². The number of aromatic hydroxyl groups is 1. The summed E-state index contributed by atoms with van der Waals surface area (Å²) in [6.07, 6.45) is -0.386. The second-order valence-electron chi connectivity index (χ2n) is 7.60. The van der Waals surface area contributed by atoms with Gasteiger partial charge < -0.3 is 30.2 Å². The Morgan fingerprint density at radius 3 is 2.39 bits per heavy atom. The van der Waals surface area contributed by atoms with Gasteiger partial charge in [-0.1, -0.05) is 30.3 Å². The van der Waals surface area contributed by atoms with E-state index < -0.39 is 23.6 Å². The molecule has 0 bridgehead atoms. The number of carboxylic acids is 1.